The molecule has 1 heterocycles. The maximum Gasteiger partial charge on any atom is 0.244 e. The zero-order valence-electron chi connectivity index (χ0n) is 17.7. The van der Waals surface area contributed by atoms with E-state index >= 15 is 0 Å². The summed E-state index contributed by atoms with van der Waals surface area (Å²) in [5.74, 6) is -0.0401. The number of pyridine rings is 1. The molecule has 1 aliphatic rings. The molecule has 162 valence electrons. The fourth-order valence-corrected chi connectivity index (χ4v) is 6.11. The highest BCUT2D eigenvalue weighted by molar-refractivity contribution is 8.00. The van der Waals surface area contributed by atoms with E-state index in [2.05, 4.69) is 4.98 Å². The molecule has 3 rings (SSSR count). The van der Waals surface area contributed by atoms with Crippen LogP contribution in [0.15, 0.2) is 58.6 Å². The van der Waals surface area contributed by atoms with Gasteiger partial charge in [-0.05, 0) is 30.5 Å². The van der Waals surface area contributed by atoms with Gasteiger partial charge in [0.2, 0.25) is 15.9 Å². The first kappa shape index (κ1) is 22.8. The van der Waals surface area contributed by atoms with Crippen molar-refractivity contribution in [1.29, 1.82) is 0 Å². The van der Waals surface area contributed by atoms with Crippen molar-refractivity contribution in [2.45, 2.75) is 53.3 Å². The van der Waals surface area contributed by atoms with Crippen LogP contribution in [0.25, 0.3) is 0 Å². The molecule has 0 aliphatic heterocycles. The van der Waals surface area contributed by atoms with E-state index in [0.717, 1.165) is 31.2 Å². The second-order valence-corrected chi connectivity index (χ2v) is 10.9. The molecule has 1 aromatic heterocycles. The Hall–Kier alpha value is -1.90. The van der Waals surface area contributed by atoms with Crippen molar-refractivity contribution < 1.29 is 13.2 Å². The van der Waals surface area contributed by atoms with E-state index in [4.69, 9.17) is 0 Å². The molecular weight excluding hydrogens is 418 g/mol. The van der Waals surface area contributed by atoms with Gasteiger partial charge in [-0.2, -0.15) is 4.31 Å². The molecule has 1 atom stereocenters. The second-order valence-electron chi connectivity index (χ2n) is 7.79. The summed E-state index contributed by atoms with van der Waals surface area (Å²) in [6.07, 6.45) is 6.52. The minimum atomic E-state index is -3.58. The van der Waals surface area contributed by atoms with Crippen LogP contribution < -0.4 is 0 Å². The number of carbonyl (C=O) groups is 1. The minimum Gasteiger partial charge on any atom is -0.348 e. The summed E-state index contributed by atoms with van der Waals surface area (Å²) in [5, 5.41) is 0.166. The second kappa shape index (κ2) is 9.94. The van der Waals surface area contributed by atoms with Gasteiger partial charge in [0.05, 0.1) is 5.03 Å². The molecule has 1 unspecified atom stereocenters. The molecule has 1 aliphatic carbocycles. The van der Waals surface area contributed by atoms with Crippen molar-refractivity contribution in [3.63, 3.8) is 0 Å². The summed E-state index contributed by atoms with van der Waals surface area (Å²) in [7, 11) is 1.53. The topological polar surface area (TPSA) is 70.6 Å². The average Bonchev–Trinajstić information content (AvgIpc) is 2.78. The first-order valence-corrected chi connectivity index (χ1v) is 12.5. The monoisotopic (exact) mass is 447 g/mol. The summed E-state index contributed by atoms with van der Waals surface area (Å²) < 4.78 is 27.5. The van der Waals surface area contributed by atoms with Crippen LogP contribution in [0.1, 0.15) is 42.9 Å². The third-order valence-electron chi connectivity index (χ3n) is 5.48. The lowest BCUT2D eigenvalue weighted by Crippen LogP contribution is -2.38. The molecule has 1 fully saturated rings. The number of hydrogen-bond donors (Lipinski definition) is 0. The van der Waals surface area contributed by atoms with Gasteiger partial charge in [0, 0.05) is 33.4 Å². The molecular formula is C22H29N3O3S2. The predicted molar refractivity (Wildman–Crippen MR) is 120 cm³/mol. The molecule has 8 heteroatoms. The minimum absolute atomic E-state index is 0.0401. The van der Waals surface area contributed by atoms with Crippen molar-refractivity contribution in [3.05, 3.63) is 54.2 Å². The van der Waals surface area contributed by atoms with E-state index in [-0.39, 0.29) is 16.8 Å². The molecule has 0 N–H and O–H groups in total. The van der Waals surface area contributed by atoms with Crippen molar-refractivity contribution in [1.82, 2.24) is 14.2 Å². The summed E-state index contributed by atoms with van der Waals surface area (Å²) >= 11 is 1.32. The number of benzene rings is 1. The fraction of sp³-hybridized carbons (Fsp3) is 0.455. The molecule has 0 saturated heterocycles. The number of aromatic nitrogens is 1. The van der Waals surface area contributed by atoms with Gasteiger partial charge < -0.3 is 4.90 Å². The molecule has 1 aromatic carbocycles. The van der Waals surface area contributed by atoms with Gasteiger partial charge in [0.1, 0.15) is 10.1 Å². The zero-order chi connectivity index (χ0) is 21.7. The number of carbonyl (C=O) groups excluding carboxylic acids is 1. The number of nitrogens with zero attached hydrogens (tertiary/aromatic N) is 3. The fourth-order valence-electron chi connectivity index (χ4n) is 3.64. The van der Waals surface area contributed by atoms with Gasteiger partial charge in [-0.25, -0.2) is 13.4 Å². The van der Waals surface area contributed by atoms with E-state index in [1.165, 1.54) is 28.7 Å². The van der Waals surface area contributed by atoms with Gasteiger partial charge >= 0.3 is 0 Å². The van der Waals surface area contributed by atoms with Gasteiger partial charge in [0.25, 0.3) is 0 Å². The van der Waals surface area contributed by atoms with Crippen molar-refractivity contribution in [3.8, 4) is 0 Å². The lowest BCUT2D eigenvalue weighted by molar-refractivity contribution is -0.128. The highest BCUT2D eigenvalue weighted by Crippen LogP contribution is 2.36. The van der Waals surface area contributed by atoms with Gasteiger partial charge in [-0.1, -0.05) is 61.4 Å². The first-order valence-electron chi connectivity index (χ1n) is 10.2. The Morgan fingerprint density at radius 1 is 1.03 bits per heavy atom. The molecule has 0 radical (unpaired) electrons. The van der Waals surface area contributed by atoms with E-state index in [0.29, 0.717) is 5.03 Å². The van der Waals surface area contributed by atoms with E-state index < -0.39 is 15.3 Å². The predicted octanol–water partition coefficient (Wildman–Crippen LogP) is 3.96. The van der Waals surface area contributed by atoms with Crippen molar-refractivity contribution in [2.24, 2.45) is 0 Å². The Labute approximate surface area is 183 Å². The third kappa shape index (κ3) is 5.22. The van der Waals surface area contributed by atoms with Gasteiger partial charge in [-0.15, -0.1) is 0 Å². The molecule has 2 aromatic rings. The molecule has 1 amide bonds. The lowest BCUT2D eigenvalue weighted by atomic mass is 9.96. The molecule has 0 spiro atoms. The SMILES string of the molecule is CN(C)C(=O)C(Sc1ccc(S(=O)(=O)N(C)C2CCCCC2)cn1)c1ccccc1. The Morgan fingerprint density at radius 2 is 1.70 bits per heavy atom. The third-order valence-corrected chi connectivity index (χ3v) is 8.57. The van der Waals surface area contributed by atoms with Crippen LogP contribution in [0.2, 0.25) is 0 Å². The molecule has 30 heavy (non-hydrogen) atoms. The van der Waals surface area contributed by atoms with Gasteiger partial charge in [-0.3, -0.25) is 4.79 Å². The highest BCUT2D eigenvalue weighted by atomic mass is 32.2. The Balaban J connectivity index is 1.79. The quantitative estimate of drug-likeness (QED) is 0.601. The molecule has 6 nitrogen and oxygen atoms in total. The molecule has 0 bridgehead atoms. The standard InChI is InChI=1S/C22H29N3O3S2/c1-24(2)22(26)21(17-10-6-4-7-11-17)29-20-15-14-19(16-23-20)30(27,28)25(3)18-12-8-5-9-13-18/h4,6-7,10-11,14-16,18,21H,5,8-9,12-13H2,1-3H3. The van der Waals surface area contributed by atoms with Crippen LogP contribution in [0.3, 0.4) is 0 Å². The highest BCUT2D eigenvalue weighted by Gasteiger charge is 2.30. The molecule has 1 saturated carbocycles. The summed E-state index contributed by atoms with van der Waals surface area (Å²) in [6, 6.07) is 12.9. The number of rotatable bonds is 7. The Kier molecular flexibility index (Phi) is 7.55. The zero-order valence-corrected chi connectivity index (χ0v) is 19.3. The number of amides is 1. The van der Waals surface area contributed by atoms with Crippen molar-refractivity contribution >= 4 is 27.7 Å². The van der Waals surface area contributed by atoms with E-state index in [9.17, 15) is 13.2 Å². The maximum atomic E-state index is 13.0. The van der Waals surface area contributed by atoms with Crippen molar-refractivity contribution in [2.75, 3.05) is 21.1 Å². The Morgan fingerprint density at radius 3 is 2.27 bits per heavy atom. The van der Waals surface area contributed by atoms with E-state index in [1.807, 2.05) is 30.3 Å². The lowest BCUT2D eigenvalue weighted by Gasteiger charge is -2.30. The number of hydrogen-bond acceptors (Lipinski definition) is 5. The number of likely N-dealkylation sites (N-methyl/N-ethyl adjacent to an activating group) is 1. The number of sulfonamides is 1. The summed E-state index contributed by atoms with van der Waals surface area (Å²) in [6.45, 7) is 0. The van der Waals surface area contributed by atoms with Crippen LogP contribution in [0, 0.1) is 0 Å². The van der Waals surface area contributed by atoms with Crippen LogP contribution >= 0.6 is 11.8 Å². The van der Waals surface area contributed by atoms with Crippen LogP contribution in [0.4, 0.5) is 0 Å². The Bertz CT molecular complexity index is 941. The average molecular weight is 448 g/mol. The summed E-state index contributed by atoms with van der Waals surface area (Å²) in [4.78, 5) is 18.8. The largest absolute Gasteiger partial charge is 0.348 e. The summed E-state index contributed by atoms with van der Waals surface area (Å²) in [5.41, 5.74) is 0.886. The van der Waals surface area contributed by atoms with E-state index in [1.54, 1.807) is 38.2 Å². The first-order chi connectivity index (χ1) is 14.3. The normalized spacial score (nSPS) is 16.4. The van der Waals surface area contributed by atoms with Gasteiger partial charge in [0.15, 0.2) is 0 Å². The van der Waals surface area contributed by atoms with Crippen LogP contribution in [0.5, 0.6) is 0 Å². The number of thioether (sulfide) groups is 1. The smallest absolute Gasteiger partial charge is 0.244 e. The maximum absolute atomic E-state index is 13.0. The van der Waals surface area contributed by atoms with Crippen LogP contribution in [-0.4, -0.2) is 55.7 Å². The van der Waals surface area contributed by atoms with Crippen LogP contribution in [-0.2, 0) is 14.8 Å².